The number of nitrogens with one attached hydrogen (secondary N) is 1. The first-order chi connectivity index (χ1) is 8.52. The van der Waals surface area contributed by atoms with E-state index in [4.69, 9.17) is 4.74 Å². The van der Waals surface area contributed by atoms with Crippen LogP contribution in [0.5, 0.6) is 0 Å². The summed E-state index contributed by atoms with van der Waals surface area (Å²) in [6.07, 6.45) is 2.15. The number of carbonyl (C=O) groups excluding carboxylic acids is 1. The van der Waals surface area contributed by atoms with Gasteiger partial charge in [0.25, 0.3) is 0 Å². The number of amides is 1. The molecule has 0 aromatic carbocycles. The van der Waals surface area contributed by atoms with Gasteiger partial charge in [-0.1, -0.05) is 6.92 Å². The van der Waals surface area contributed by atoms with E-state index in [-0.39, 0.29) is 17.4 Å². The van der Waals surface area contributed by atoms with Crippen LogP contribution in [-0.2, 0) is 9.53 Å². The van der Waals surface area contributed by atoms with Gasteiger partial charge in [-0.15, -0.1) is 0 Å². The van der Waals surface area contributed by atoms with Crippen molar-refractivity contribution in [2.45, 2.75) is 46.6 Å². The topological polar surface area (TPSA) is 41.6 Å². The molecule has 18 heavy (non-hydrogen) atoms. The van der Waals surface area contributed by atoms with E-state index in [1.165, 1.54) is 0 Å². The molecule has 0 radical (unpaired) electrons. The fourth-order valence-electron chi connectivity index (χ4n) is 2.34. The van der Waals surface area contributed by atoms with Crippen LogP contribution in [0.25, 0.3) is 0 Å². The maximum absolute atomic E-state index is 12.1. The van der Waals surface area contributed by atoms with Crippen molar-refractivity contribution in [3.8, 4) is 0 Å². The van der Waals surface area contributed by atoms with Crippen molar-refractivity contribution in [2.24, 2.45) is 5.41 Å². The highest BCUT2D eigenvalue weighted by Gasteiger charge is 2.28. The fraction of sp³-hybridized carbons (Fsp3) is 0.929. The van der Waals surface area contributed by atoms with Crippen LogP contribution in [0.15, 0.2) is 0 Å². The first kappa shape index (κ1) is 15.4. The van der Waals surface area contributed by atoms with Crippen LogP contribution in [0.4, 0.5) is 0 Å². The highest BCUT2D eigenvalue weighted by atomic mass is 16.5. The second kappa shape index (κ2) is 7.10. The van der Waals surface area contributed by atoms with E-state index >= 15 is 0 Å². The van der Waals surface area contributed by atoms with Crippen LogP contribution in [0.3, 0.4) is 0 Å². The summed E-state index contributed by atoms with van der Waals surface area (Å²) in [5.74, 6) is 0.204. The van der Waals surface area contributed by atoms with E-state index < -0.39 is 0 Å². The van der Waals surface area contributed by atoms with Crippen molar-refractivity contribution >= 4 is 5.91 Å². The van der Waals surface area contributed by atoms with Crippen molar-refractivity contribution < 1.29 is 9.53 Å². The molecule has 1 aliphatic heterocycles. The molecule has 4 heteroatoms. The van der Waals surface area contributed by atoms with Gasteiger partial charge in [-0.2, -0.15) is 0 Å². The molecular weight excluding hydrogens is 228 g/mol. The first-order valence-corrected chi connectivity index (χ1v) is 7.12. The van der Waals surface area contributed by atoms with Gasteiger partial charge < -0.3 is 15.0 Å². The van der Waals surface area contributed by atoms with Crippen molar-refractivity contribution in [1.82, 2.24) is 10.2 Å². The number of ether oxygens (including phenoxy) is 1. The summed E-state index contributed by atoms with van der Waals surface area (Å²) < 4.78 is 5.39. The van der Waals surface area contributed by atoms with Crippen LogP contribution in [0, 0.1) is 5.41 Å². The zero-order chi connectivity index (χ0) is 13.6. The summed E-state index contributed by atoms with van der Waals surface area (Å²) in [5.41, 5.74) is 0.274. The van der Waals surface area contributed by atoms with Crippen LogP contribution in [-0.4, -0.2) is 49.7 Å². The number of nitrogens with zero attached hydrogens (tertiary/aromatic N) is 1. The lowest BCUT2D eigenvalue weighted by Gasteiger charge is -2.35. The predicted molar refractivity (Wildman–Crippen MR) is 73.6 cm³/mol. The molecule has 1 aliphatic rings. The third-order valence-corrected chi connectivity index (χ3v) is 3.98. The summed E-state index contributed by atoms with van der Waals surface area (Å²) in [5, 5.41) is 3.39. The molecule has 1 fully saturated rings. The minimum Gasteiger partial charge on any atom is -0.381 e. The molecule has 0 aromatic rings. The van der Waals surface area contributed by atoms with Crippen molar-refractivity contribution in [1.29, 1.82) is 0 Å². The number of rotatable bonds is 6. The number of hydrogen-bond acceptors (Lipinski definition) is 3. The summed E-state index contributed by atoms with van der Waals surface area (Å²) in [6, 6.07) is -0.0930. The van der Waals surface area contributed by atoms with Crippen LogP contribution >= 0.6 is 0 Å². The Kier molecular flexibility index (Phi) is 6.09. The smallest absolute Gasteiger partial charge is 0.239 e. The molecule has 4 nitrogen and oxygen atoms in total. The summed E-state index contributed by atoms with van der Waals surface area (Å²) in [4.78, 5) is 14.0. The second-order valence-corrected chi connectivity index (χ2v) is 5.54. The normalized spacial score (nSPS) is 20.4. The molecule has 0 saturated carbocycles. The Balaban J connectivity index is 2.39. The van der Waals surface area contributed by atoms with Gasteiger partial charge in [0.2, 0.25) is 5.91 Å². The molecule has 1 unspecified atom stereocenters. The van der Waals surface area contributed by atoms with Crippen molar-refractivity contribution in [3.63, 3.8) is 0 Å². The van der Waals surface area contributed by atoms with Gasteiger partial charge in [-0.3, -0.25) is 4.79 Å². The summed E-state index contributed by atoms with van der Waals surface area (Å²) in [7, 11) is 0. The lowest BCUT2D eigenvalue weighted by atomic mass is 9.82. The maximum atomic E-state index is 12.1. The van der Waals surface area contributed by atoms with Crippen LogP contribution in [0.2, 0.25) is 0 Å². The Labute approximate surface area is 111 Å². The zero-order valence-electron chi connectivity index (χ0n) is 12.3. The standard InChI is InChI=1S/C14H28N2O2/c1-5-16(6-2)13(17)12(3)15-11-14(4)7-9-18-10-8-14/h12,15H,5-11H2,1-4H3. The quantitative estimate of drug-likeness (QED) is 0.785. The molecule has 1 atom stereocenters. The summed E-state index contributed by atoms with van der Waals surface area (Å²) >= 11 is 0. The van der Waals surface area contributed by atoms with Gasteiger partial charge in [0.1, 0.15) is 0 Å². The fourth-order valence-corrected chi connectivity index (χ4v) is 2.34. The van der Waals surface area contributed by atoms with E-state index in [0.717, 1.165) is 45.7 Å². The van der Waals surface area contributed by atoms with Gasteiger partial charge in [-0.25, -0.2) is 0 Å². The molecule has 106 valence electrons. The van der Waals surface area contributed by atoms with Crippen LogP contribution in [0.1, 0.15) is 40.5 Å². The molecule has 1 rings (SSSR count). The molecule has 0 bridgehead atoms. The Morgan fingerprint density at radius 3 is 2.39 bits per heavy atom. The van der Waals surface area contributed by atoms with Gasteiger partial charge in [0.05, 0.1) is 6.04 Å². The third kappa shape index (κ3) is 4.25. The summed E-state index contributed by atoms with van der Waals surface area (Å²) in [6.45, 7) is 12.4. The monoisotopic (exact) mass is 256 g/mol. The number of carbonyl (C=O) groups is 1. The Morgan fingerprint density at radius 1 is 1.33 bits per heavy atom. The highest BCUT2D eigenvalue weighted by molar-refractivity contribution is 5.81. The molecule has 0 aliphatic carbocycles. The minimum atomic E-state index is -0.0930. The Bertz CT molecular complexity index is 259. The third-order valence-electron chi connectivity index (χ3n) is 3.98. The number of hydrogen-bond donors (Lipinski definition) is 1. The van der Waals surface area contributed by atoms with Crippen molar-refractivity contribution in [3.05, 3.63) is 0 Å². The van der Waals surface area contributed by atoms with E-state index in [2.05, 4.69) is 12.2 Å². The molecule has 0 spiro atoms. The molecule has 1 amide bonds. The lowest BCUT2D eigenvalue weighted by Crippen LogP contribution is -2.48. The average molecular weight is 256 g/mol. The van der Waals surface area contributed by atoms with Gasteiger partial charge >= 0.3 is 0 Å². The van der Waals surface area contributed by atoms with E-state index in [0.29, 0.717) is 0 Å². The van der Waals surface area contributed by atoms with Crippen LogP contribution < -0.4 is 5.32 Å². The Morgan fingerprint density at radius 2 is 1.89 bits per heavy atom. The van der Waals surface area contributed by atoms with Gasteiger partial charge in [0, 0.05) is 32.8 Å². The Hall–Kier alpha value is -0.610. The van der Waals surface area contributed by atoms with Gasteiger partial charge in [-0.05, 0) is 39.0 Å². The molecule has 1 heterocycles. The molecular formula is C14H28N2O2. The first-order valence-electron chi connectivity index (χ1n) is 7.12. The second-order valence-electron chi connectivity index (χ2n) is 5.54. The van der Waals surface area contributed by atoms with E-state index in [1.54, 1.807) is 0 Å². The molecule has 0 aromatic heterocycles. The predicted octanol–water partition coefficient (Wildman–Crippen LogP) is 1.65. The lowest BCUT2D eigenvalue weighted by molar-refractivity contribution is -0.132. The SMILES string of the molecule is CCN(CC)C(=O)C(C)NCC1(C)CCOCC1. The molecule has 1 N–H and O–H groups in total. The largest absolute Gasteiger partial charge is 0.381 e. The maximum Gasteiger partial charge on any atom is 0.239 e. The van der Waals surface area contributed by atoms with Gasteiger partial charge in [0.15, 0.2) is 0 Å². The van der Waals surface area contributed by atoms with Crippen molar-refractivity contribution in [2.75, 3.05) is 32.8 Å². The van der Waals surface area contributed by atoms with E-state index in [9.17, 15) is 4.79 Å². The zero-order valence-corrected chi connectivity index (χ0v) is 12.3. The molecule has 1 saturated heterocycles. The number of likely N-dealkylation sites (N-methyl/N-ethyl adjacent to an activating group) is 1. The average Bonchev–Trinajstić information content (AvgIpc) is 2.38. The highest BCUT2D eigenvalue weighted by Crippen LogP contribution is 2.28. The minimum absolute atomic E-state index is 0.0930. The van der Waals surface area contributed by atoms with E-state index in [1.807, 2.05) is 25.7 Å².